The fraction of sp³-hybridized carbons (Fsp3) is 0.286. The van der Waals surface area contributed by atoms with Crippen LogP contribution in [0.1, 0.15) is 18.4 Å². The molecular formula is C14H14N2O2S. The largest absolute Gasteiger partial charge is 0.372 e. The Morgan fingerprint density at radius 1 is 1.11 bits per heavy atom. The maximum absolute atomic E-state index is 11.4. The van der Waals surface area contributed by atoms with Crippen molar-refractivity contribution >= 4 is 34.7 Å². The van der Waals surface area contributed by atoms with Crippen LogP contribution < -0.4 is 10.2 Å². The van der Waals surface area contributed by atoms with Crippen molar-refractivity contribution in [3.05, 3.63) is 34.7 Å². The average molecular weight is 274 g/mol. The van der Waals surface area contributed by atoms with Crippen LogP contribution in [0.3, 0.4) is 0 Å². The van der Waals surface area contributed by atoms with Crippen LogP contribution in [0, 0.1) is 0 Å². The van der Waals surface area contributed by atoms with E-state index in [9.17, 15) is 9.59 Å². The van der Waals surface area contributed by atoms with Crippen LogP contribution in [0.5, 0.6) is 0 Å². The third-order valence-corrected chi connectivity index (χ3v) is 4.11. The molecule has 0 saturated carbocycles. The first-order valence-corrected chi connectivity index (χ1v) is 7.14. The summed E-state index contributed by atoms with van der Waals surface area (Å²) in [7, 11) is 0. The predicted molar refractivity (Wildman–Crippen MR) is 77.0 cm³/mol. The first-order valence-electron chi connectivity index (χ1n) is 6.32. The zero-order valence-corrected chi connectivity index (χ0v) is 11.2. The van der Waals surface area contributed by atoms with E-state index >= 15 is 0 Å². The molecule has 2 amide bonds. The van der Waals surface area contributed by atoms with Crippen molar-refractivity contribution < 1.29 is 9.59 Å². The van der Waals surface area contributed by atoms with Gasteiger partial charge in [0.15, 0.2) is 0 Å². The number of carbonyl (C=O) groups is 2. The Hall–Kier alpha value is -1.75. The van der Waals surface area contributed by atoms with Crippen LogP contribution >= 0.6 is 11.8 Å². The summed E-state index contributed by atoms with van der Waals surface area (Å²) in [5, 5.41) is 1.95. The topological polar surface area (TPSA) is 49.4 Å². The number of benzene rings is 1. The number of carbonyl (C=O) groups excluding carboxylic acids is 2. The number of nitrogens with zero attached hydrogens (tertiary/aromatic N) is 1. The predicted octanol–water partition coefficient (Wildman–Crippen LogP) is 2.61. The minimum absolute atomic E-state index is 0.301. The molecule has 0 radical (unpaired) electrons. The monoisotopic (exact) mass is 274 g/mol. The summed E-state index contributed by atoms with van der Waals surface area (Å²) >= 11 is 0.949. The summed E-state index contributed by atoms with van der Waals surface area (Å²) < 4.78 is 0. The Bertz CT molecular complexity index is 545. The molecule has 0 atom stereocenters. The summed E-state index contributed by atoms with van der Waals surface area (Å²) in [4.78, 5) is 25.3. The molecule has 0 aromatic heterocycles. The van der Waals surface area contributed by atoms with E-state index in [0.717, 1.165) is 30.4 Å². The van der Waals surface area contributed by atoms with E-state index in [0.29, 0.717) is 4.91 Å². The average Bonchev–Trinajstić information content (AvgIpc) is 3.01. The highest BCUT2D eigenvalue weighted by atomic mass is 32.2. The lowest BCUT2D eigenvalue weighted by molar-refractivity contribution is -0.115. The van der Waals surface area contributed by atoms with Gasteiger partial charge in [0.2, 0.25) is 0 Å². The van der Waals surface area contributed by atoms with Crippen LogP contribution in [0.2, 0.25) is 0 Å². The van der Waals surface area contributed by atoms with Gasteiger partial charge in [0, 0.05) is 18.8 Å². The molecular weight excluding hydrogens is 260 g/mol. The van der Waals surface area contributed by atoms with Crippen LogP contribution in [-0.4, -0.2) is 24.2 Å². The minimum atomic E-state index is -0.307. The van der Waals surface area contributed by atoms with E-state index in [1.54, 1.807) is 6.08 Å². The third-order valence-electron chi connectivity index (χ3n) is 3.30. The first-order chi connectivity index (χ1) is 9.22. The highest BCUT2D eigenvalue weighted by Crippen LogP contribution is 2.26. The fourth-order valence-electron chi connectivity index (χ4n) is 2.33. The second kappa shape index (κ2) is 5.09. The lowest BCUT2D eigenvalue weighted by Crippen LogP contribution is -2.18. The Morgan fingerprint density at radius 3 is 2.37 bits per heavy atom. The third kappa shape index (κ3) is 2.66. The molecule has 5 heteroatoms. The number of hydrogen-bond donors (Lipinski definition) is 1. The number of rotatable bonds is 2. The van der Waals surface area contributed by atoms with Crippen LogP contribution in [0.25, 0.3) is 6.08 Å². The van der Waals surface area contributed by atoms with E-state index in [1.165, 1.54) is 18.5 Å². The summed E-state index contributed by atoms with van der Waals surface area (Å²) in [6.07, 6.45) is 4.26. The van der Waals surface area contributed by atoms with E-state index in [-0.39, 0.29) is 11.1 Å². The highest BCUT2D eigenvalue weighted by molar-refractivity contribution is 8.18. The molecule has 0 bridgehead atoms. The fourth-order valence-corrected chi connectivity index (χ4v) is 3.01. The second-order valence-corrected chi connectivity index (χ2v) is 5.65. The number of amides is 2. The second-order valence-electron chi connectivity index (χ2n) is 4.64. The van der Waals surface area contributed by atoms with Gasteiger partial charge in [-0.25, -0.2) is 0 Å². The quantitative estimate of drug-likeness (QED) is 0.842. The number of hydrogen-bond acceptors (Lipinski definition) is 4. The van der Waals surface area contributed by atoms with Gasteiger partial charge in [0.25, 0.3) is 11.1 Å². The van der Waals surface area contributed by atoms with Crippen LogP contribution in [0.4, 0.5) is 10.5 Å². The maximum atomic E-state index is 11.4. The molecule has 98 valence electrons. The van der Waals surface area contributed by atoms with Crippen molar-refractivity contribution in [1.29, 1.82) is 0 Å². The van der Waals surface area contributed by atoms with Crippen molar-refractivity contribution in [3.8, 4) is 0 Å². The molecule has 1 N–H and O–H groups in total. The molecule has 0 aliphatic carbocycles. The molecule has 1 aromatic rings. The van der Waals surface area contributed by atoms with E-state index in [4.69, 9.17) is 0 Å². The lowest BCUT2D eigenvalue weighted by Gasteiger charge is -2.17. The molecule has 19 heavy (non-hydrogen) atoms. The summed E-state index contributed by atoms with van der Waals surface area (Å²) in [5.74, 6) is -0.307. The Kier molecular flexibility index (Phi) is 3.29. The van der Waals surface area contributed by atoms with Gasteiger partial charge in [-0.2, -0.15) is 0 Å². The molecule has 1 aromatic carbocycles. The number of imide groups is 1. The Balaban J connectivity index is 1.77. The maximum Gasteiger partial charge on any atom is 0.290 e. The first kappa shape index (κ1) is 12.3. The number of nitrogens with one attached hydrogen (secondary N) is 1. The SMILES string of the molecule is O=C1NC(=O)C(=Cc2ccc(N3CCCC3)cc2)S1. The normalized spacial score (nSPS) is 21.3. The molecule has 0 spiro atoms. The Morgan fingerprint density at radius 2 is 1.79 bits per heavy atom. The standard InChI is InChI=1S/C14H14N2O2S/c17-13-12(19-14(18)15-13)9-10-3-5-11(6-4-10)16-7-1-2-8-16/h3-6,9H,1-2,7-8H2,(H,15,17,18). The van der Waals surface area contributed by atoms with Gasteiger partial charge < -0.3 is 4.90 Å². The van der Waals surface area contributed by atoms with Crippen LogP contribution in [0.15, 0.2) is 29.2 Å². The van der Waals surface area contributed by atoms with Crippen molar-refractivity contribution in [1.82, 2.24) is 5.32 Å². The van der Waals surface area contributed by atoms with Crippen molar-refractivity contribution in [3.63, 3.8) is 0 Å². The molecule has 2 aliphatic heterocycles. The zero-order valence-electron chi connectivity index (χ0n) is 10.4. The summed E-state index contributed by atoms with van der Waals surface area (Å²) in [6.45, 7) is 2.24. The number of anilines is 1. The van der Waals surface area contributed by atoms with Gasteiger partial charge in [-0.1, -0.05) is 12.1 Å². The highest BCUT2D eigenvalue weighted by Gasteiger charge is 2.24. The van der Waals surface area contributed by atoms with Gasteiger partial charge in [0.1, 0.15) is 0 Å². The molecule has 0 unspecified atom stereocenters. The van der Waals surface area contributed by atoms with E-state index < -0.39 is 0 Å². The van der Waals surface area contributed by atoms with Gasteiger partial charge in [0.05, 0.1) is 4.91 Å². The van der Waals surface area contributed by atoms with Gasteiger partial charge in [-0.05, 0) is 48.4 Å². The molecule has 2 heterocycles. The van der Waals surface area contributed by atoms with E-state index in [2.05, 4.69) is 22.3 Å². The Labute approximate surface area is 115 Å². The molecule has 2 fully saturated rings. The minimum Gasteiger partial charge on any atom is -0.372 e. The molecule has 2 saturated heterocycles. The van der Waals surface area contributed by atoms with E-state index in [1.807, 2.05) is 12.1 Å². The lowest BCUT2D eigenvalue weighted by atomic mass is 10.2. The van der Waals surface area contributed by atoms with Gasteiger partial charge in [-0.15, -0.1) is 0 Å². The van der Waals surface area contributed by atoms with Gasteiger partial charge >= 0.3 is 0 Å². The van der Waals surface area contributed by atoms with Crippen molar-refractivity contribution in [2.24, 2.45) is 0 Å². The summed E-state index contributed by atoms with van der Waals surface area (Å²) in [6, 6.07) is 8.10. The molecule has 4 nitrogen and oxygen atoms in total. The number of thioether (sulfide) groups is 1. The van der Waals surface area contributed by atoms with Crippen LogP contribution in [-0.2, 0) is 4.79 Å². The van der Waals surface area contributed by atoms with Crippen molar-refractivity contribution in [2.45, 2.75) is 12.8 Å². The molecule has 3 rings (SSSR count). The zero-order chi connectivity index (χ0) is 13.2. The van der Waals surface area contributed by atoms with Crippen molar-refractivity contribution in [2.75, 3.05) is 18.0 Å². The summed E-state index contributed by atoms with van der Waals surface area (Å²) in [5.41, 5.74) is 2.16. The smallest absolute Gasteiger partial charge is 0.290 e. The van der Waals surface area contributed by atoms with Gasteiger partial charge in [-0.3, -0.25) is 14.9 Å². The molecule has 2 aliphatic rings.